The number of nitrogens with zero attached hydrogens (tertiary/aromatic N) is 4. The molecule has 0 saturated carbocycles. The number of hydrogen-bond acceptors (Lipinski definition) is 5. The van der Waals surface area contributed by atoms with Gasteiger partial charge in [0.05, 0.1) is 12.4 Å². The van der Waals surface area contributed by atoms with Crippen molar-refractivity contribution in [3.05, 3.63) is 66.4 Å². The third-order valence-corrected chi connectivity index (χ3v) is 4.72. The van der Waals surface area contributed by atoms with Crippen LogP contribution in [-0.2, 0) is 4.79 Å². The Bertz CT molecular complexity index is 940. The maximum atomic E-state index is 12.7. The van der Waals surface area contributed by atoms with Crippen molar-refractivity contribution in [2.75, 3.05) is 23.3 Å². The number of pyridine rings is 1. The van der Waals surface area contributed by atoms with Gasteiger partial charge in [0, 0.05) is 32.0 Å². The van der Waals surface area contributed by atoms with Crippen LogP contribution in [0.25, 0.3) is 11.4 Å². The zero-order valence-electron chi connectivity index (χ0n) is 16.5. The summed E-state index contributed by atoms with van der Waals surface area (Å²) in [7, 11) is 0. The smallest absolute Gasteiger partial charge is 0.211 e. The van der Waals surface area contributed by atoms with E-state index in [0.29, 0.717) is 17.9 Å². The molecule has 6 nitrogen and oxygen atoms in total. The standard InChI is InChI=1S/C12H10FN3O.C10H14N2.H2/c1-8-2-3-10(16-7-17)4-11(8)12-14-5-9(13)6-15-12;1-9-5-7-12(8-9)10-4-2-3-6-11-10;/h2-7H,1H3,(H,16,17);2-4,6,9H,5,7-8H2,1H3;1H/t;9-;/m.1./s1. The number of halogens is 1. The minimum Gasteiger partial charge on any atom is -0.356 e. The first-order valence-corrected chi connectivity index (χ1v) is 9.51. The molecule has 3 aromatic rings. The van der Waals surface area contributed by atoms with Crippen LogP contribution in [0.5, 0.6) is 0 Å². The van der Waals surface area contributed by atoms with Crippen LogP contribution in [0.2, 0.25) is 0 Å². The van der Waals surface area contributed by atoms with Crippen molar-refractivity contribution in [2.24, 2.45) is 5.92 Å². The van der Waals surface area contributed by atoms with E-state index in [1.165, 1.54) is 6.42 Å². The minimum absolute atomic E-state index is 0. The molecule has 1 aliphatic heterocycles. The molecule has 1 saturated heterocycles. The number of hydrogen-bond donors (Lipinski definition) is 1. The Morgan fingerprint density at radius 1 is 1.21 bits per heavy atom. The maximum Gasteiger partial charge on any atom is 0.211 e. The number of nitrogens with one attached hydrogen (secondary N) is 1. The van der Waals surface area contributed by atoms with Crippen LogP contribution in [0.4, 0.5) is 15.9 Å². The first kappa shape index (κ1) is 20.4. The summed E-state index contributed by atoms with van der Waals surface area (Å²) in [5, 5.41) is 2.55. The molecule has 0 radical (unpaired) electrons. The normalized spacial score (nSPS) is 15.4. The summed E-state index contributed by atoms with van der Waals surface area (Å²) in [6.07, 6.45) is 5.98. The van der Waals surface area contributed by atoms with E-state index in [0.717, 1.165) is 48.3 Å². The average molecular weight is 395 g/mol. The van der Waals surface area contributed by atoms with Gasteiger partial charge in [-0.2, -0.15) is 0 Å². The third-order valence-electron chi connectivity index (χ3n) is 4.72. The molecule has 3 heterocycles. The van der Waals surface area contributed by atoms with Crippen LogP contribution >= 0.6 is 0 Å². The molecule has 2 aromatic heterocycles. The van der Waals surface area contributed by atoms with Crippen LogP contribution in [0, 0.1) is 18.7 Å². The Morgan fingerprint density at radius 2 is 2.00 bits per heavy atom. The first-order chi connectivity index (χ1) is 14.1. The summed E-state index contributed by atoms with van der Waals surface area (Å²) in [5.74, 6) is 1.90. The van der Waals surface area contributed by atoms with Gasteiger partial charge >= 0.3 is 0 Å². The summed E-state index contributed by atoms with van der Waals surface area (Å²) < 4.78 is 12.7. The number of aryl methyl sites for hydroxylation is 1. The molecule has 0 bridgehead atoms. The van der Waals surface area contributed by atoms with Gasteiger partial charge in [0.15, 0.2) is 11.6 Å². The highest BCUT2D eigenvalue weighted by molar-refractivity contribution is 5.75. The fourth-order valence-electron chi connectivity index (χ4n) is 3.16. The summed E-state index contributed by atoms with van der Waals surface area (Å²) in [4.78, 5) is 24.8. The quantitative estimate of drug-likeness (QED) is 0.666. The van der Waals surface area contributed by atoms with Gasteiger partial charge < -0.3 is 10.2 Å². The molecule has 1 aliphatic rings. The molecule has 1 N–H and O–H groups in total. The van der Waals surface area contributed by atoms with Crippen molar-refractivity contribution in [2.45, 2.75) is 20.3 Å². The lowest BCUT2D eigenvalue weighted by Gasteiger charge is -2.15. The number of amides is 1. The van der Waals surface area contributed by atoms with Gasteiger partial charge in [-0.15, -0.1) is 0 Å². The highest BCUT2D eigenvalue weighted by Crippen LogP contribution is 2.23. The zero-order chi connectivity index (χ0) is 20.6. The third kappa shape index (κ3) is 5.57. The monoisotopic (exact) mass is 395 g/mol. The van der Waals surface area contributed by atoms with Gasteiger partial charge in [0.25, 0.3) is 0 Å². The number of anilines is 2. The highest BCUT2D eigenvalue weighted by Gasteiger charge is 2.18. The first-order valence-electron chi connectivity index (χ1n) is 9.51. The second-order valence-corrected chi connectivity index (χ2v) is 7.04. The van der Waals surface area contributed by atoms with E-state index in [2.05, 4.69) is 38.2 Å². The molecule has 4 rings (SSSR count). The summed E-state index contributed by atoms with van der Waals surface area (Å²) in [6.45, 7) is 6.52. The molecule has 152 valence electrons. The highest BCUT2D eigenvalue weighted by atomic mass is 19.1. The van der Waals surface area contributed by atoms with Gasteiger partial charge in [-0.3, -0.25) is 4.79 Å². The zero-order valence-corrected chi connectivity index (χ0v) is 16.5. The second-order valence-electron chi connectivity index (χ2n) is 7.04. The van der Waals surface area contributed by atoms with Crippen LogP contribution in [-0.4, -0.2) is 34.5 Å². The number of aromatic nitrogens is 3. The Balaban J connectivity index is 0.000000218. The molecule has 1 atom stereocenters. The van der Waals surface area contributed by atoms with Crippen LogP contribution in [0.15, 0.2) is 55.0 Å². The largest absolute Gasteiger partial charge is 0.356 e. The molecular weight excluding hydrogens is 369 g/mol. The van der Waals surface area contributed by atoms with Crippen molar-refractivity contribution in [1.82, 2.24) is 15.0 Å². The predicted molar refractivity (Wildman–Crippen MR) is 114 cm³/mol. The summed E-state index contributed by atoms with van der Waals surface area (Å²) >= 11 is 0. The topological polar surface area (TPSA) is 71.0 Å². The number of benzene rings is 1. The lowest BCUT2D eigenvalue weighted by molar-refractivity contribution is -0.105. The van der Waals surface area contributed by atoms with Crippen molar-refractivity contribution >= 4 is 17.9 Å². The lowest BCUT2D eigenvalue weighted by Crippen LogP contribution is -2.19. The fourth-order valence-corrected chi connectivity index (χ4v) is 3.16. The Labute approximate surface area is 171 Å². The van der Waals surface area contributed by atoms with Gasteiger partial charge in [0.1, 0.15) is 5.82 Å². The molecule has 7 heteroatoms. The van der Waals surface area contributed by atoms with Gasteiger partial charge in [-0.05, 0) is 49.1 Å². The molecule has 0 unspecified atom stereocenters. The van der Waals surface area contributed by atoms with E-state index >= 15 is 0 Å². The fraction of sp³-hybridized carbons (Fsp3) is 0.273. The molecule has 0 spiro atoms. The SMILES string of the molecule is C[C@@H]1CCN(c2ccccn2)C1.Cc1ccc(NC=O)cc1-c1ncc(F)cn1.[HH]. The van der Waals surface area contributed by atoms with Crippen LogP contribution in [0.1, 0.15) is 20.3 Å². The van der Waals surface area contributed by atoms with Crippen molar-refractivity contribution in [1.29, 1.82) is 0 Å². The molecule has 1 fully saturated rings. The lowest BCUT2D eigenvalue weighted by atomic mass is 10.1. The number of carbonyl (C=O) groups excluding carboxylic acids is 1. The van der Waals surface area contributed by atoms with Crippen molar-refractivity contribution in [3.8, 4) is 11.4 Å². The van der Waals surface area contributed by atoms with Crippen molar-refractivity contribution in [3.63, 3.8) is 0 Å². The summed E-state index contributed by atoms with van der Waals surface area (Å²) in [6, 6.07) is 11.5. The van der Waals surface area contributed by atoms with Gasteiger partial charge in [0.2, 0.25) is 6.41 Å². The molecule has 1 amide bonds. The Hall–Kier alpha value is -3.35. The van der Waals surface area contributed by atoms with E-state index in [-0.39, 0.29) is 1.43 Å². The Morgan fingerprint density at radius 3 is 2.62 bits per heavy atom. The minimum atomic E-state index is -0.478. The molecular formula is C22H26FN5O. The predicted octanol–water partition coefficient (Wildman–Crippen LogP) is 4.33. The van der Waals surface area contributed by atoms with Crippen molar-refractivity contribution < 1.29 is 10.6 Å². The van der Waals surface area contributed by atoms with E-state index < -0.39 is 5.82 Å². The van der Waals surface area contributed by atoms with Gasteiger partial charge in [-0.1, -0.05) is 19.1 Å². The van der Waals surface area contributed by atoms with E-state index in [4.69, 9.17) is 0 Å². The van der Waals surface area contributed by atoms with E-state index in [1.54, 1.807) is 12.1 Å². The number of rotatable bonds is 4. The molecule has 29 heavy (non-hydrogen) atoms. The summed E-state index contributed by atoms with van der Waals surface area (Å²) in [5.41, 5.74) is 2.36. The Kier molecular flexibility index (Phi) is 6.84. The molecule has 1 aromatic carbocycles. The van der Waals surface area contributed by atoms with Crippen LogP contribution < -0.4 is 10.2 Å². The molecule has 0 aliphatic carbocycles. The maximum absolute atomic E-state index is 12.7. The van der Waals surface area contributed by atoms with Crippen LogP contribution in [0.3, 0.4) is 0 Å². The van der Waals surface area contributed by atoms with E-state index in [1.807, 2.05) is 31.3 Å². The second kappa shape index (κ2) is 9.73. The average Bonchev–Trinajstić information content (AvgIpc) is 3.18. The number of carbonyl (C=O) groups is 1. The van der Waals surface area contributed by atoms with Gasteiger partial charge in [-0.25, -0.2) is 19.3 Å². The van der Waals surface area contributed by atoms with E-state index in [9.17, 15) is 9.18 Å².